The summed E-state index contributed by atoms with van der Waals surface area (Å²) in [6.45, 7) is 2.89. The molecular weight excluding hydrogens is 380 g/mol. The first-order chi connectivity index (χ1) is 12.2. The smallest absolute Gasteiger partial charge is 0.158 e. The van der Waals surface area contributed by atoms with Crippen molar-refractivity contribution in [3.05, 3.63) is 34.8 Å². The highest BCUT2D eigenvalue weighted by Crippen LogP contribution is 2.45. The van der Waals surface area contributed by atoms with Crippen LogP contribution >= 0.6 is 15.9 Å². The van der Waals surface area contributed by atoms with Gasteiger partial charge in [0.05, 0.1) is 24.4 Å². The summed E-state index contributed by atoms with van der Waals surface area (Å²) < 4.78 is 8.80. The number of hydrogen-bond donors (Lipinski definition) is 0. The Hall–Kier alpha value is -1.95. The van der Waals surface area contributed by atoms with Crippen LogP contribution in [0.25, 0.3) is 22.2 Å². The molecule has 25 heavy (non-hydrogen) atoms. The van der Waals surface area contributed by atoms with Crippen molar-refractivity contribution in [2.45, 2.75) is 45.1 Å². The topological polar surface area (TPSA) is 52.8 Å². The van der Waals surface area contributed by atoms with Crippen LogP contribution in [0.3, 0.4) is 0 Å². The Labute approximate surface area is 155 Å². The zero-order chi connectivity index (χ0) is 17.4. The molecule has 0 amide bonds. The first-order valence-corrected chi connectivity index (χ1v) is 9.56. The van der Waals surface area contributed by atoms with Crippen molar-refractivity contribution in [3.8, 4) is 16.9 Å². The van der Waals surface area contributed by atoms with Gasteiger partial charge in [-0.3, -0.25) is 4.98 Å². The molecule has 3 aromatic rings. The molecule has 1 aliphatic rings. The average molecular weight is 401 g/mol. The molecule has 3 heterocycles. The maximum absolute atomic E-state index is 5.89. The fourth-order valence-corrected chi connectivity index (χ4v) is 4.20. The van der Waals surface area contributed by atoms with Crippen LogP contribution in [0, 0.1) is 0 Å². The first kappa shape index (κ1) is 16.5. The fraction of sp³-hybridized carbons (Fsp3) is 0.421. The van der Waals surface area contributed by atoms with Crippen LogP contribution in [0.15, 0.2) is 29.1 Å². The largest absolute Gasteiger partial charge is 0.494 e. The van der Waals surface area contributed by atoms with Crippen molar-refractivity contribution in [2.75, 3.05) is 7.11 Å². The molecule has 3 aromatic heterocycles. The third-order valence-electron chi connectivity index (χ3n) is 5.01. The molecule has 0 unspecified atom stereocenters. The lowest BCUT2D eigenvalue weighted by Crippen LogP contribution is -2.06. The number of aryl methyl sites for hydroxylation is 1. The van der Waals surface area contributed by atoms with Gasteiger partial charge in [0.1, 0.15) is 5.75 Å². The van der Waals surface area contributed by atoms with Crippen LogP contribution in [0.2, 0.25) is 0 Å². The normalized spacial score (nSPS) is 15.2. The molecule has 1 fully saturated rings. The molecule has 0 spiro atoms. The van der Waals surface area contributed by atoms with Crippen LogP contribution in [0.5, 0.6) is 5.75 Å². The standard InChI is InChI=1S/C19H21BrN4O/c1-3-24-19-15(11-22-24)16(13-8-14(20)10-21-9-13)18(25-2)17(23-19)12-6-4-5-7-12/h8-12H,3-7H2,1-2H3. The van der Waals surface area contributed by atoms with Crippen molar-refractivity contribution >= 4 is 27.0 Å². The monoisotopic (exact) mass is 400 g/mol. The molecule has 6 heteroatoms. The van der Waals surface area contributed by atoms with Gasteiger partial charge >= 0.3 is 0 Å². The van der Waals surface area contributed by atoms with Crippen molar-refractivity contribution < 1.29 is 4.74 Å². The molecule has 0 aliphatic heterocycles. The molecule has 1 aliphatic carbocycles. The quantitative estimate of drug-likeness (QED) is 0.621. The molecular formula is C19H21BrN4O. The number of methoxy groups -OCH3 is 1. The minimum absolute atomic E-state index is 0.457. The number of nitrogens with zero attached hydrogens (tertiary/aromatic N) is 4. The van der Waals surface area contributed by atoms with Gasteiger partial charge in [0.25, 0.3) is 0 Å². The number of rotatable bonds is 4. The van der Waals surface area contributed by atoms with Crippen molar-refractivity contribution in [2.24, 2.45) is 0 Å². The Balaban J connectivity index is 2.05. The summed E-state index contributed by atoms with van der Waals surface area (Å²) in [5.74, 6) is 1.33. The molecule has 0 bridgehead atoms. The van der Waals surface area contributed by atoms with E-state index in [2.05, 4.69) is 39.0 Å². The van der Waals surface area contributed by atoms with Crippen LogP contribution in [0.1, 0.15) is 44.2 Å². The maximum atomic E-state index is 5.89. The molecule has 4 rings (SSSR count). The third kappa shape index (κ3) is 2.82. The Kier molecular flexibility index (Phi) is 4.46. The van der Waals surface area contributed by atoms with Crippen LogP contribution in [-0.2, 0) is 6.54 Å². The summed E-state index contributed by atoms with van der Waals surface area (Å²) in [5.41, 5.74) is 4.06. The molecule has 5 nitrogen and oxygen atoms in total. The van der Waals surface area contributed by atoms with Gasteiger partial charge in [-0.15, -0.1) is 0 Å². The number of ether oxygens (including phenoxy) is 1. The molecule has 0 radical (unpaired) electrons. The van der Waals surface area contributed by atoms with Gasteiger partial charge in [0.2, 0.25) is 0 Å². The summed E-state index contributed by atoms with van der Waals surface area (Å²) in [4.78, 5) is 9.36. The van der Waals surface area contributed by atoms with Crippen LogP contribution in [0.4, 0.5) is 0 Å². The number of aromatic nitrogens is 4. The fourth-order valence-electron chi connectivity index (χ4n) is 3.84. The summed E-state index contributed by atoms with van der Waals surface area (Å²) in [6, 6.07) is 2.08. The second kappa shape index (κ2) is 6.75. The molecule has 0 aromatic carbocycles. The highest BCUT2D eigenvalue weighted by Gasteiger charge is 2.27. The van der Waals surface area contributed by atoms with E-state index in [1.807, 2.05) is 17.1 Å². The summed E-state index contributed by atoms with van der Waals surface area (Å²) in [7, 11) is 1.74. The molecule has 0 N–H and O–H groups in total. The second-order valence-corrected chi connectivity index (χ2v) is 7.39. The lowest BCUT2D eigenvalue weighted by atomic mass is 9.96. The third-order valence-corrected chi connectivity index (χ3v) is 5.44. The van der Waals surface area contributed by atoms with Gasteiger partial charge in [-0.25, -0.2) is 9.67 Å². The number of hydrogen-bond acceptors (Lipinski definition) is 4. The van der Waals surface area contributed by atoms with Gasteiger partial charge in [-0.2, -0.15) is 5.10 Å². The van der Waals surface area contributed by atoms with Gasteiger partial charge < -0.3 is 4.74 Å². The van der Waals surface area contributed by atoms with E-state index in [0.29, 0.717) is 5.92 Å². The summed E-state index contributed by atoms with van der Waals surface area (Å²) in [6.07, 6.45) is 10.4. The number of pyridine rings is 2. The Bertz CT molecular complexity index is 915. The van der Waals surface area contributed by atoms with E-state index in [1.165, 1.54) is 25.7 Å². The van der Waals surface area contributed by atoms with E-state index in [1.54, 1.807) is 13.3 Å². The van der Waals surface area contributed by atoms with Crippen LogP contribution in [-0.4, -0.2) is 26.9 Å². The summed E-state index contributed by atoms with van der Waals surface area (Å²) in [5, 5.41) is 5.55. The predicted molar refractivity (Wildman–Crippen MR) is 102 cm³/mol. The maximum Gasteiger partial charge on any atom is 0.158 e. The average Bonchev–Trinajstić information content (AvgIpc) is 3.29. The van der Waals surface area contributed by atoms with E-state index in [4.69, 9.17) is 9.72 Å². The Morgan fingerprint density at radius 1 is 1.24 bits per heavy atom. The van der Waals surface area contributed by atoms with Gasteiger partial charge in [-0.1, -0.05) is 12.8 Å². The van der Waals surface area contributed by atoms with Gasteiger partial charge in [0, 0.05) is 40.5 Å². The van der Waals surface area contributed by atoms with Crippen molar-refractivity contribution in [3.63, 3.8) is 0 Å². The first-order valence-electron chi connectivity index (χ1n) is 8.77. The van der Waals surface area contributed by atoms with Crippen molar-refractivity contribution in [1.29, 1.82) is 0 Å². The highest BCUT2D eigenvalue weighted by atomic mass is 79.9. The van der Waals surface area contributed by atoms with Crippen LogP contribution < -0.4 is 4.74 Å². The zero-order valence-electron chi connectivity index (χ0n) is 14.5. The molecule has 0 saturated heterocycles. The van der Waals surface area contributed by atoms with E-state index >= 15 is 0 Å². The zero-order valence-corrected chi connectivity index (χ0v) is 16.1. The summed E-state index contributed by atoms with van der Waals surface area (Å²) >= 11 is 3.53. The van der Waals surface area contributed by atoms with Crippen molar-refractivity contribution in [1.82, 2.24) is 19.7 Å². The second-order valence-electron chi connectivity index (χ2n) is 6.48. The molecule has 1 saturated carbocycles. The SMILES string of the molecule is CCn1ncc2c(-c3cncc(Br)c3)c(OC)c(C3CCCC3)nc21. The lowest BCUT2D eigenvalue weighted by molar-refractivity contribution is 0.404. The van der Waals surface area contributed by atoms with Gasteiger partial charge in [-0.05, 0) is 41.8 Å². The minimum Gasteiger partial charge on any atom is -0.494 e. The minimum atomic E-state index is 0.457. The Morgan fingerprint density at radius 3 is 2.72 bits per heavy atom. The Morgan fingerprint density at radius 2 is 2.04 bits per heavy atom. The molecule has 0 atom stereocenters. The van der Waals surface area contributed by atoms with E-state index in [-0.39, 0.29) is 0 Å². The van der Waals surface area contributed by atoms with Gasteiger partial charge in [0.15, 0.2) is 5.65 Å². The lowest BCUT2D eigenvalue weighted by Gasteiger charge is -2.18. The number of halogens is 1. The molecule has 130 valence electrons. The predicted octanol–water partition coefficient (Wildman–Crippen LogP) is 4.94. The van der Waals surface area contributed by atoms with E-state index < -0.39 is 0 Å². The van der Waals surface area contributed by atoms with E-state index in [9.17, 15) is 0 Å². The van der Waals surface area contributed by atoms with E-state index in [0.717, 1.165) is 44.6 Å². The highest BCUT2D eigenvalue weighted by molar-refractivity contribution is 9.10. The number of fused-ring (bicyclic) bond motifs is 1.